The number of aromatic carboxylic acids is 1. The van der Waals surface area contributed by atoms with Crippen molar-refractivity contribution in [3.8, 4) is 11.5 Å². The van der Waals surface area contributed by atoms with Crippen LogP contribution < -0.4 is 8.92 Å². The summed E-state index contributed by atoms with van der Waals surface area (Å²) in [6.45, 7) is 0. The van der Waals surface area contributed by atoms with E-state index in [2.05, 4.69) is 8.92 Å². The summed E-state index contributed by atoms with van der Waals surface area (Å²) in [4.78, 5) is 10.8. The van der Waals surface area contributed by atoms with Crippen molar-refractivity contribution in [3.63, 3.8) is 0 Å². The maximum atomic E-state index is 12.2. The van der Waals surface area contributed by atoms with E-state index in [9.17, 15) is 26.4 Å². The van der Waals surface area contributed by atoms with Crippen LogP contribution in [0.25, 0.3) is 0 Å². The van der Waals surface area contributed by atoms with Crippen LogP contribution in [-0.4, -0.2) is 32.1 Å². The van der Waals surface area contributed by atoms with Gasteiger partial charge in [0, 0.05) is 0 Å². The molecule has 1 rings (SSSR count). The molecule has 0 aliphatic rings. The standard InChI is InChI=1S/C9H7F3O6S/c1-17-6-4-2-3-5(8(13)14)7(6)18-19(15,16)9(10,11)12/h2-4H,1H3,(H,13,14). The highest BCUT2D eigenvalue weighted by atomic mass is 32.2. The quantitative estimate of drug-likeness (QED) is 0.671. The topological polar surface area (TPSA) is 89.9 Å². The number of ether oxygens (including phenoxy) is 1. The van der Waals surface area contributed by atoms with Gasteiger partial charge in [0.25, 0.3) is 0 Å². The van der Waals surface area contributed by atoms with Crippen molar-refractivity contribution < 1.29 is 40.4 Å². The Morgan fingerprint density at radius 3 is 2.32 bits per heavy atom. The summed E-state index contributed by atoms with van der Waals surface area (Å²) >= 11 is 0. The van der Waals surface area contributed by atoms with Crippen LogP contribution in [0, 0.1) is 0 Å². The van der Waals surface area contributed by atoms with Crippen molar-refractivity contribution in [1.29, 1.82) is 0 Å². The molecule has 0 saturated carbocycles. The Kier molecular flexibility index (Phi) is 3.94. The minimum Gasteiger partial charge on any atom is -0.493 e. The molecule has 1 aromatic carbocycles. The van der Waals surface area contributed by atoms with Crippen molar-refractivity contribution >= 4 is 16.1 Å². The summed E-state index contributed by atoms with van der Waals surface area (Å²) in [5.41, 5.74) is -6.45. The van der Waals surface area contributed by atoms with E-state index in [0.29, 0.717) is 0 Å². The number of rotatable bonds is 4. The Hall–Kier alpha value is -1.97. The summed E-state index contributed by atoms with van der Waals surface area (Å²) in [5.74, 6) is -3.14. The van der Waals surface area contributed by atoms with Crippen molar-refractivity contribution in [1.82, 2.24) is 0 Å². The highest BCUT2D eigenvalue weighted by Crippen LogP contribution is 2.35. The molecule has 10 heteroatoms. The smallest absolute Gasteiger partial charge is 0.493 e. The van der Waals surface area contributed by atoms with Gasteiger partial charge in [-0.3, -0.25) is 0 Å². The van der Waals surface area contributed by atoms with Crippen LogP contribution in [0.3, 0.4) is 0 Å². The first kappa shape index (κ1) is 15.1. The minimum absolute atomic E-state index is 0.451. The van der Waals surface area contributed by atoms with Crippen LogP contribution >= 0.6 is 0 Å². The molecule has 0 fully saturated rings. The van der Waals surface area contributed by atoms with E-state index in [1.165, 1.54) is 0 Å². The predicted octanol–water partition coefficient (Wildman–Crippen LogP) is 1.62. The average Bonchev–Trinajstić information content (AvgIpc) is 2.26. The molecule has 0 aromatic heterocycles. The highest BCUT2D eigenvalue weighted by molar-refractivity contribution is 7.88. The van der Waals surface area contributed by atoms with E-state index < -0.39 is 38.7 Å². The molecular formula is C9H7F3O6S. The van der Waals surface area contributed by atoms with Crippen molar-refractivity contribution in [3.05, 3.63) is 23.8 Å². The summed E-state index contributed by atoms with van der Waals surface area (Å²) < 4.78 is 66.7. The lowest BCUT2D eigenvalue weighted by molar-refractivity contribution is -0.0501. The number of benzene rings is 1. The molecule has 0 bridgehead atoms. The third kappa shape index (κ3) is 3.08. The number of para-hydroxylation sites is 1. The molecular weight excluding hydrogens is 293 g/mol. The largest absolute Gasteiger partial charge is 0.534 e. The van der Waals surface area contributed by atoms with Crippen molar-refractivity contribution in [2.24, 2.45) is 0 Å². The number of carbonyl (C=O) groups is 1. The second kappa shape index (κ2) is 4.96. The molecule has 6 nitrogen and oxygen atoms in total. The first-order valence-corrected chi connectivity index (χ1v) is 5.92. The Bertz CT molecular complexity index is 592. The normalized spacial score (nSPS) is 12.0. The van der Waals surface area contributed by atoms with E-state index in [-0.39, 0.29) is 0 Å². The Morgan fingerprint density at radius 2 is 1.89 bits per heavy atom. The lowest BCUT2D eigenvalue weighted by atomic mass is 10.2. The monoisotopic (exact) mass is 300 g/mol. The molecule has 0 aliphatic carbocycles. The molecule has 1 aromatic rings. The lowest BCUT2D eigenvalue weighted by Gasteiger charge is -2.13. The van der Waals surface area contributed by atoms with E-state index in [0.717, 1.165) is 25.3 Å². The van der Waals surface area contributed by atoms with E-state index in [1.807, 2.05) is 0 Å². The fourth-order valence-electron chi connectivity index (χ4n) is 1.09. The summed E-state index contributed by atoms with van der Waals surface area (Å²) in [6.07, 6.45) is 0. The number of methoxy groups -OCH3 is 1. The first-order chi connectivity index (χ1) is 8.60. The molecule has 0 amide bonds. The van der Waals surface area contributed by atoms with E-state index >= 15 is 0 Å². The Morgan fingerprint density at radius 1 is 1.32 bits per heavy atom. The summed E-state index contributed by atoms with van der Waals surface area (Å²) in [5, 5.41) is 8.77. The molecule has 106 valence electrons. The molecule has 0 saturated heterocycles. The SMILES string of the molecule is COc1cccc(C(=O)O)c1OS(=O)(=O)C(F)(F)F. The second-order valence-electron chi connectivity index (χ2n) is 3.13. The van der Waals surface area contributed by atoms with Crippen LogP contribution in [0.1, 0.15) is 10.4 Å². The zero-order valence-corrected chi connectivity index (χ0v) is 10.1. The molecule has 0 aliphatic heterocycles. The van der Waals surface area contributed by atoms with Gasteiger partial charge in [0.05, 0.1) is 7.11 Å². The van der Waals surface area contributed by atoms with Crippen LogP contribution in [0.2, 0.25) is 0 Å². The summed E-state index contributed by atoms with van der Waals surface area (Å²) in [6, 6.07) is 3.11. The summed E-state index contributed by atoms with van der Waals surface area (Å²) in [7, 11) is -4.96. The number of carboxylic acids is 1. The highest BCUT2D eigenvalue weighted by Gasteiger charge is 2.49. The van der Waals surface area contributed by atoms with Gasteiger partial charge in [0.2, 0.25) is 0 Å². The Labute approximate surface area is 105 Å². The number of halogens is 3. The average molecular weight is 300 g/mol. The van der Waals surface area contributed by atoms with Crippen LogP contribution in [-0.2, 0) is 10.1 Å². The van der Waals surface area contributed by atoms with Crippen LogP contribution in [0.5, 0.6) is 11.5 Å². The van der Waals surface area contributed by atoms with Crippen LogP contribution in [0.15, 0.2) is 18.2 Å². The van der Waals surface area contributed by atoms with Gasteiger partial charge in [-0.15, -0.1) is 0 Å². The van der Waals surface area contributed by atoms with Crippen molar-refractivity contribution in [2.75, 3.05) is 7.11 Å². The maximum absolute atomic E-state index is 12.2. The van der Waals surface area contributed by atoms with Gasteiger partial charge in [-0.25, -0.2) is 4.79 Å². The Balaban J connectivity index is 3.39. The fraction of sp³-hybridized carbons (Fsp3) is 0.222. The van der Waals surface area contributed by atoms with Gasteiger partial charge in [0.15, 0.2) is 11.5 Å². The third-order valence-corrected chi connectivity index (χ3v) is 2.86. The number of carboxylic acid groups (broad SMARTS) is 1. The molecule has 0 atom stereocenters. The number of hydrogen-bond acceptors (Lipinski definition) is 5. The lowest BCUT2D eigenvalue weighted by Crippen LogP contribution is -2.28. The van der Waals surface area contributed by atoms with Gasteiger partial charge < -0.3 is 14.0 Å². The second-order valence-corrected chi connectivity index (χ2v) is 4.66. The molecule has 0 unspecified atom stereocenters. The first-order valence-electron chi connectivity index (χ1n) is 4.51. The fourth-order valence-corrected chi connectivity index (χ4v) is 1.57. The number of alkyl halides is 3. The van der Waals surface area contributed by atoms with E-state index in [4.69, 9.17) is 5.11 Å². The molecule has 0 radical (unpaired) electrons. The molecule has 0 spiro atoms. The van der Waals surface area contributed by atoms with Gasteiger partial charge in [-0.1, -0.05) is 6.07 Å². The van der Waals surface area contributed by atoms with Gasteiger partial charge in [0.1, 0.15) is 5.56 Å². The van der Waals surface area contributed by atoms with Gasteiger partial charge in [-0.05, 0) is 12.1 Å². The van der Waals surface area contributed by atoms with Gasteiger partial charge in [-0.2, -0.15) is 21.6 Å². The molecule has 0 heterocycles. The van der Waals surface area contributed by atoms with Crippen LogP contribution in [0.4, 0.5) is 13.2 Å². The number of hydrogen-bond donors (Lipinski definition) is 1. The zero-order chi connectivity index (χ0) is 14.8. The third-order valence-electron chi connectivity index (χ3n) is 1.91. The predicted molar refractivity (Wildman–Crippen MR) is 55.6 cm³/mol. The van der Waals surface area contributed by atoms with Crippen molar-refractivity contribution in [2.45, 2.75) is 5.51 Å². The zero-order valence-electron chi connectivity index (χ0n) is 9.26. The molecule has 19 heavy (non-hydrogen) atoms. The van der Waals surface area contributed by atoms with E-state index in [1.54, 1.807) is 0 Å². The maximum Gasteiger partial charge on any atom is 0.534 e. The minimum atomic E-state index is -5.98. The van der Waals surface area contributed by atoms with Gasteiger partial charge >= 0.3 is 21.6 Å². The molecule has 1 N–H and O–H groups in total.